The number of nitrogens with zero attached hydrogens (tertiary/aromatic N) is 2. The monoisotopic (exact) mass is 315 g/mol. The SMILES string of the molecule is CCOCc1nc(NN)cc(NCC2CSCCS2)n1. The fraction of sp³-hybridized carbons (Fsp3) is 0.667. The summed E-state index contributed by atoms with van der Waals surface area (Å²) in [5.74, 6) is 11.1. The summed E-state index contributed by atoms with van der Waals surface area (Å²) in [6.45, 7) is 3.89. The third-order valence-corrected chi connectivity index (χ3v) is 5.60. The molecule has 8 heteroatoms. The van der Waals surface area contributed by atoms with Crippen molar-refractivity contribution in [3.63, 3.8) is 0 Å². The lowest BCUT2D eigenvalue weighted by atomic mass is 10.4. The van der Waals surface area contributed by atoms with Crippen molar-refractivity contribution in [3.8, 4) is 0 Å². The molecule has 0 aromatic carbocycles. The van der Waals surface area contributed by atoms with Crippen molar-refractivity contribution in [1.82, 2.24) is 9.97 Å². The molecule has 4 N–H and O–H groups in total. The predicted octanol–water partition coefficient (Wildman–Crippen LogP) is 1.56. The number of hydrogen-bond donors (Lipinski definition) is 3. The Hall–Kier alpha value is -0.700. The summed E-state index contributed by atoms with van der Waals surface area (Å²) in [6, 6.07) is 1.82. The number of aromatic nitrogens is 2. The molecule has 1 aromatic heterocycles. The van der Waals surface area contributed by atoms with Gasteiger partial charge in [-0.2, -0.15) is 23.5 Å². The van der Waals surface area contributed by atoms with Gasteiger partial charge in [-0.1, -0.05) is 0 Å². The van der Waals surface area contributed by atoms with Gasteiger partial charge in [-0.15, -0.1) is 0 Å². The van der Waals surface area contributed by atoms with Crippen LogP contribution < -0.4 is 16.6 Å². The number of rotatable bonds is 7. The number of ether oxygens (including phenoxy) is 1. The third kappa shape index (κ3) is 5.01. The number of hydrogen-bond acceptors (Lipinski definition) is 8. The normalized spacial score (nSPS) is 18.8. The fourth-order valence-electron chi connectivity index (χ4n) is 1.79. The molecule has 0 saturated carbocycles. The Bertz CT molecular complexity index is 415. The molecule has 1 aliphatic heterocycles. The molecule has 112 valence electrons. The molecule has 0 aliphatic carbocycles. The van der Waals surface area contributed by atoms with Gasteiger partial charge in [0.05, 0.1) is 0 Å². The van der Waals surface area contributed by atoms with Gasteiger partial charge in [0.15, 0.2) is 5.82 Å². The van der Waals surface area contributed by atoms with Crippen molar-refractivity contribution in [1.29, 1.82) is 0 Å². The van der Waals surface area contributed by atoms with Crippen LogP contribution in [-0.2, 0) is 11.3 Å². The summed E-state index contributed by atoms with van der Waals surface area (Å²) in [5.41, 5.74) is 2.57. The van der Waals surface area contributed by atoms with Crippen LogP contribution >= 0.6 is 23.5 Å². The minimum absolute atomic E-state index is 0.398. The molecule has 0 bridgehead atoms. The van der Waals surface area contributed by atoms with Crippen LogP contribution in [0.25, 0.3) is 0 Å². The molecule has 1 fully saturated rings. The second-order valence-corrected chi connectivity index (χ2v) is 6.84. The number of nitrogen functional groups attached to an aromatic ring is 1. The van der Waals surface area contributed by atoms with E-state index in [2.05, 4.69) is 20.7 Å². The summed E-state index contributed by atoms with van der Waals surface area (Å²) < 4.78 is 5.34. The zero-order chi connectivity index (χ0) is 14.2. The summed E-state index contributed by atoms with van der Waals surface area (Å²) in [7, 11) is 0. The number of nitrogens with two attached hydrogens (primary N) is 1. The first-order valence-corrected chi connectivity index (χ1v) is 8.87. The van der Waals surface area contributed by atoms with Gasteiger partial charge in [0.25, 0.3) is 0 Å². The van der Waals surface area contributed by atoms with E-state index < -0.39 is 0 Å². The van der Waals surface area contributed by atoms with Crippen molar-refractivity contribution >= 4 is 35.2 Å². The molecule has 20 heavy (non-hydrogen) atoms. The Balaban J connectivity index is 1.94. The maximum Gasteiger partial charge on any atom is 0.158 e. The molecule has 0 spiro atoms. The Morgan fingerprint density at radius 1 is 1.40 bits per heavy atom. The van der Waals surface area contributed by atoms with Crippen molar-refractivity contribution in [2.75, 3.05) is 41.2 Å². The van der Waals surface area contributed by atoms with Gasteiger partial charge in [-0.05, 0) is 6.92 Å². The van der Waals surface area contributed by atoms with Gasteiger partial charge < -0.3 is 15.5 Å². The number of nitrogens with one attached hydrogen (secondary N) is 2. The fourth-order valence-corrected chi connectivity index (χ4v) is 4.40. The minimum Gasteiger partial charge on any atom is -0.374 e. The largest absolute Gasteiger partial charge is 0.374 e. The van der Waals surface area contributed by atoms with Gasteiger partial charge in [0.1, 0.15) is 18.2 Å². The molecular weight excluding hydrogens is 294 g/mol. The van der Waals surface area contributed by atoms with Crippen molar-refractivity contribution < 1.29 is 4.74 Å². The van der Waals surface area contributed by atoms with E-state index in [0.717, 1.165) is 12.4 Å². The molecule has 1 aliphatic rings. The van der Waals surface area contributed by atoms with Gasteiger partial charge in [-0.3, -0.25) is 0 Å². The molecule has 6 nitrogen and oxygen atoms in total. The van der Waals surface area contributed by atoms with Crippen molar-refractivity contribution in [2.24, 2.45) is 5.84 Å². The zero-order valence-electron chi connectivity index (χ0n) is 11.6. The molecule has 0 radical (unpaired) electrons. The standard InChI is InChI=1S/C12H21N5OS2/c1-2-18-7-12-15-10(5-11(16-12)17-13)14-6-9-8-19-3-4-20-9/h5,9H,2-4,6-8,13H2,1H3,(H2,14,15,16,17). The van der Waals surface area contributed by atoms with Crippen LogP contribution in [0.15, 0.2) is 6.07 Å². The molecule has 2 heterocycles. The third-order valence-electron chi connectivity index (χ3n) is 2.75. The highest BCUT2D eigenvalue weighted by molar-refractivity contribution is 8.06. The maximum absolute atomic E-state index is 5.44. The first kappa shape index (κ1) is 15.7. The maximum atomic E-state index is 5.44. The van der Waals surface area contributed by atoms with E-state index in [1.807, 2.05) is 36.5 Å². The second kappa shape index (κ2) is 8.56. The first-order chi connectivity index (χ1) is 9.81. The van der Waals surface area contributed by atoms with E-state index in [0.29, 0.717) is 30.1 Å². The summed E-state index contributed by atoms with van der Waals surface area (Å²) in [5, 5.41) is 4.00. The average molecular weight is 315 g/mol. The highest BCUT2D eigenvalue weighted by atomic mass is 32.2. The Morgan fingerprint density at radius 3 is 2.95 bits per heavy atom. The van der Waals surface area contributed by atoms with Crippen LogP contribution in [0.1, 0.15) is 12.7 Å². The van der Waals surface area contributed by atoms with Gasteiger partial charge in [0.2, 0.25) is 0 Å². The molecule has 1 unspecified atom stereocenters. The van der Waals surface area contributed by atoms with Crippen LogP contribution in [-0.4, -0.2) is 45.6 Å². The van der Waals surface area contributed by atoms with Gasteiger partial charge in [0, 0.05) is 41.7 Å². The lowest BCUT2D eigenvalue weighted by Crippen LogP contribution is -2.24. The average Bonchev–Trinajstić information content (AvgIpc) is 2.51. The summed E-state index contributed by atoms with van der Waals surface area (Å²) in [6.07, 6.45) is 0. The van der Waals surface area contributed by atoms with Gasteiger partial charge >= 0.3 is 0 Å². The number of thioether (sulfide) groups is 2. The molecule has 2 rings (SSSR count). The minimum atomic E-state index is 0.398. The molecule has 0 amide bonds. The smallest absolute Gasteiger partial charge is 0.158 e. The molecule has 1 saturated heterocycles. The van der Waals surface area contributed by atoms with E-state index in [4.69, 9.17) is 10.6 Å². The molecular formula is C12H21N5OS2. The van der Waals surface area contributed by atoms with Crippen LogP contribution in [0.5, 0.6) is 0 Å². The van der Waals surface area contributed by atoms with Crippen LogP contribution in [0.4, 0.5) is 11.6 Å². The van der Waals surface area contributed by atoms with Crippen LogP contribution in [0.2, 0.25) is 0 Å². The molecule has 1 atom stereocenters. The van der Waals surface area contributed by atoms with Crippen molar-refractivity contribution in [2.45, 2.75) is 18.8 Å². The lowest BCUT2D eigenvalue weighted by molar-refractivity contribution is 0.128. The van der Waals surface area contributed by atoms with E-state index >= 15 is 0 Å². The topological polar surface area (TPSA) is 85.1 Å². The first-order valence-electron chi connectivity index (χ1n) is 6.67. The van der Waals surface area contributed by atoms with E-state index in [1.165, 1.54) is 17.3 Å². The number of hydrazine groups is 1. The summed E-state index contributed by atoms with van der Waals surface area (Å²) >= 11 is 4.03. The Labute approximate surface area is 128 Å². The Kier molecular flexibility index (Phi) is 6.71. The highest BCUT2D eigenvalue weighted by Gasteiger charge is 2.14. The van der Waals surface area contributed by atoms with E-state index in [1.54, 1.807) is 0 Å². The second-order valence-electron chi connectivity index (χ2n) is 4.28. The van der Waals surface area contributed by atoms with Crippen molar-refractivity contribution in [3.05, 3.63) is 11.9 Å². The number of anilines is 2. The summed E-state index contributed by atoms with van der Waals surface area (Å²) in [4.78, 5) is 8.71. The highest BCUT2D eigenvalue weighted by Crippen LogP contribution is 2.24. The lowest BCUT2D eigenvalue weighted by Gasteiger charge is -2.21. The quantitative estimate of drug-likeness (QED) is 0.516. The van der Waals surface area contributed by atoms with Gasteiger partial charge in [-0.25, -0.2) is 15.8 Å². The zero-order valence-corrected chi connectivity index (χ0v) is 13.2. The van der Waals surface area contributed by atoms with Crippen LogP contribution in [0, 0.1) is 0 Å². The van der Waals surface area contributed by atoms with Crippen LogP contribution in [0.3, 0.4) is 0 Å². The Morgan fingerprint density at radius 2 is 2.25 bits per heavy atom. The van der Waals surface area contributed by atoms with E-state index in [9.17, 15) is 0 Å². The van der Waals surface area contributed by atoms with E-state index in [-0.39, 0.29) is 0 Å². The predicted molar refractivity (Wildman–Crippen MR) is 87.2 cm³/mol. The molecule has 1 aromatic rings.